The highest BCUT2D eigenvalue weighted by molar-refractivity contribution is 5.80. The van der Waals surface area contributed by atoms with Gasteiger partial charge >= 0.3 is 0 Å². The van der Waals surface area contributed by atoms with E-state index in [4.69, 9.17) is 13.6 Å². The Morgan fingerprint density at radius 1 is 1.27 bits per heavy atom. The second-order valence-electron chi connectivity index (χ2n) is 12.7. The monoisotopic (exact) mass is 511 g/mol. The van der Waals surface area contributed by atoms with Crippen LogP contribution in [0.15, 0.2) is 27.4 Å². The quantitative estimate of drug-likeness (QED) is 0.426. The number of hydrogen-bond acceptors (Lipinski definition) is 5. The number of hydrogen-bond donors (Lipinski definition) is 0. The summed E-state index contributed by atoms with van der Waals surface area (Å²) in [6, 6.07) is -1.40. The van der Waals surface area contributed by atoms with Crippen LogP contribution < -0.4 is 5.56 Å². The Balaban J connectivity index is 1.43. The van der Waals surface area contributed by atoms with Crippen molar-refractivity contribution in [2.24, 2.45) is 17.3 Å². The van der Waals surface area contributed by atoms with Crippen LogP contribution in [-0.2, 0) is 13.0 Å². The molecule has 0 saturated carbocycles. The Morgan fingerprint density at radius 2 is 2.00 bits per heavy atom. The zero-order valence-corrected chi connectivity index (χ0v) is 23.3. The van der Waals surface area contributed by atoms with Crippen LogP contribution in [0.4, 0.5) is 4.39 Å². The van der Waals surface area contributed by atoms with Gasteiger partial charge in [-0.25, -0.2) is 9.37 Å². The van der Waals surface area contributed by atoms with Gasteiger partial charge in [-0.15, -0.1) is 0 Å². The molecule has 1 saturated heterocycles. The molecule has 4 atom stereocenters. The Morgan fingerprint density at radius 3 is 2.73 bits per heavy atom. The van der Waals surface area contributed by atoms with Crippen LogP contribution in [0.2, 0.25) is 0 Å². The maximum atomic E-state index is 14.3. The largest absolute Gasteiger partial charge is 0.356 e. The second kappa shape index (κ2) is 9.04. The molecule has 0 amide bonds. The molecule has 5 rings (SSSR count). The molecule has 2 aliphatic rings. The predicted octanol–water partition coefficient (Wildman–Crippen LogP) is 6.06. The Hall–Kier alpha value is -2.54. The van der Waals surface area contributed by atoms with Gasteiger partial charge in [0.25, 0.3) is 5.56 Å². The molecule has 37 heavy (non-hydrogen) atoms. The number of benzene rings is 1. The van der Waals surface area contributed by atoms with Crippen LogP contribution in [0.25, 0.3) is 11.0 Å². The molecule has 7 heteroatoms. The van der Waals surface area contributed by atoms with E-state index in [9.17, 15) is 9.18 Å². The number of halogens is 1. The SMILES string of the molecule is [2H]c1c(F)c([2H])c2onc(C3CCN(CC(C)c4c(C)nc5n(c4=O)CC(C)(C)C(C)C5)C(C)(C)C3C)c2c1[2H]. The number of aromatic nitrogens is 3. The van der Waals surface area contributed by atoms with Gasteiger partial charge in [0.15, 0.2) is 5.58 Å². The molecule has 2 aliphatic heterocycles. The van der Waals surface area contributed by atoms with E-state index in [1.807, 2.05) is 11.5 Å². The normalized spacial score (nSPS) is 27.4. The topological polar surface area (TPSA) is 64.2 Å². The zero-order valence-electron chi connectivity index (χ0n) is 26.3. The van der Waals surface area contributed by atoms with E-state index in [0.29, 0.717) is 24.7 Å². The Bertz CT molecular complexity index is 1550. The van der Waals surface area contributed by atoms with Gasteiger partial charge in [-0.1, -0.05) is 39.8 Å². The first-order valence-corrected chi connectivity index (χ1v) is 13.5. The molecule has 0 spiro atoms. The maximum Gasteiger partial charge on any atom is 0.257 e. The molecule has 1 fully saturated rings. The Labute approximate surface area is 223 Å². The highest BCUT2D eigenvalue weighted by atomic mass is 19.1. The van der Waals surface area contributed by atoms with Crippen LogP contribution in [0.1, 0.15) is 93.6 Å². The lowest BCUT2D eigenvalue weighted by atomic mass is 9.71. The van der Waals surface area contributed by atoms with Crippen LogP contribution in [0.3, 0.4) is 0 Å². The van der Waals surface area contributed by atoms with E-state index in [-0.39, 0.29) is 51.3 Å². The maximum absolute atomic E-state index is 14.3. The summed E-state index contributed by atoms with van der Waals surface area (Å²) in [4.78, 5) is 21.1. The summed E-state index contributed by atoms with van der Waals surface area (Å²) in [6.45, 7) is 19.4. The van der Waals surface area contributed by atoms with Crippen LogP contribution in [0, 0.1) is 30.0 Å². The van der Waals surface area contributed by atoms with E-state index >= 15 is 0 Å². The number of nitrogens with zero attached hydrogens (tertiary/aromatic N) is 4. The third-order valence-electron chi connectivity index (χ3n) is 9.68. The fourth-order valence-electron chi connectivity index (χ4n) is 6.48. The molecule has 0 N–H and O–H groups in total. The minimum Gasteiger partial charge on any atom is -0.356 e. The molecular formula is C30H41FN4O2. The number of fused-ring (bicyclic) bond motifs is 2. The summed E-state index contributed by atoms with van der Waals surface area (Å²) in [5.74, 6) is 0.256. The number of piperidine rings is 1. The van der Waals surface area contributed by atoms with Gasteiger partial charge in [0.05, 0.1) is 9.81 Å². The third-order valence-corrected chi connectivity index (χ3v) is 9.68. The number of rotatable bonds is 4. The second-order valence-corrected chi connectivity index (χ2v) is 12.7. The predicted molar refractivity (Wildman–Crippen MR) is 144 cm³/mol. The first kappa shape index (κ1) is 22.4. The molecule has 6 nitrogen and oxygen atoms in total. The molecule has 1 aromatic carbocycles. The summed E-state index contributed by atoms with van der Waals surface area (Å²) in [5.41, 5.74) is 1.89. The summed E-state index contributed by atoms with van der Waals surface area (Å²) in [7, 11) is 0. The van der Waals surface area contributed by atoms with Gasteiger partial charge in [-0.2, -0.15) is 0 Å². The van der Waals surface area contributed by atoms with E-state index in [1.165, 1.54) is 0 Å². The molecule has 2 aromatic heterocycles. The van der Waals surface area contributed by atoms with E-state index in [1.54, 1.807) is 0 Å². The lowest BCUT2D eigenvalue weighted by Gasteiger charge is -2.51. The molecule has 0 bridgehead atoms. The fraction of sp³-hybridized carbons (Fsp3) is 0.633. The van der Waals surface area contributed by atoms with Crippen molar-refractivity contribution in [3.05, 3.63) is 57.1 Å². The van der Waals surface area contributed by atoms with Gasteiger partial charge in [-0.05, 0) is 63.1 Å². The van der Waals surface area contributed by atoms with Gasteiger partial charge in [0.1, 0.15) is 11.6 Å². The lowest BCUT2D eigenvalue weighted by Crippen LogP contribution is -2.56. The summed E-state index contributed by atoms with van der Waals surface area (Å²) < 4.78 is 45.9. The Kier molecular flexibility index (Phi) is 5.48. The smallest absolute Gasteiger partial charge is 0.257 e. The van der Waals surface area contributed by atoms with Gasteiger partial charge in [-0.3, -0.25) is 14.3 Å². The molecular weight excluding hydrogens is 467 g/mol. The number of likely N-dealkylation sites (tertiary alicyclic amines) is 1. The summed E-state index contributed by atoms with van der Waals surface area (Å²) >= 11 is 0. The van der Waals surface area contributed by atoms with Crippen LogP contribution in [0.5, 0.6) is 0 Å². The van der Waals surface area contributed by atoms with Crippen molar-refractivity contribution >= 4 is 11.0 Å². The molecule has 4 heterocycles. The lowest BCUT2D eigenvalue weighted by molar-refractivity contribution is 0.0110. The average Bonchev–Trinajstić information content (AvgIpc) is 3.31. The third kappa shape index (κ3) is 4.33. The average molecular weight is 512 g/mol. The van der Waals surface area contributed by atoms with Crippen molar-refractivity contribution in [3.8, 4) is 0 Å². The molecule has 200 valence electrons. The van der Waals surface area contributed by atoms with Crippen LogP contribution in [-0.4, -0.2) is 38.2 Å². The highest BCUT2D eigenvalue weighted by Crippen LogP contribution is 2.45. The summed E-state index contributed by atoms with van der Waals surface area (Å²) in [6.07, 6.45) is 1.53. The van der Waals surface area contributed by atoms with Crippen molar-refractivity contribution < 1.29 is 13.0 Å². The van der Waals surface area contributed by atoms with Crippen molar-refractivity contribution in [1.29, 1.82) is 0 Å². The van der Waals surface area contributed by atoms with Gasteiger partial charge in [0.2, 0.25) is 0 Å². The minimum atomic E-state index is -1.06. The van der Waals surface area contributed by atoms with Crippen molar-refractivity contribution in [3.63, 3.8) is 0 Å². The van der Waals surface area contributed by atoms with E-state index in [2.05, 4.69) is 58.5 Å². The zero-order chi connectivity index (χ0) is 29.5. The standard InChI is InChI=1S/C30H41FN4O2/c1-17(26-20(4)32-25-13-18(2)29(5,6)16-35(25)28(26)36)15-34-12-11-22(19(3)30(34,7)8)27-23-10-9-21(31)14-24(23)37-33-27/h9-10,14,17-19,22H,11-13,15-16H2,1-8H3/i9D,10D,14D. The van der Waals surface area contributed by atoms with Gasteiger partial charge in [0, 0.05) is 59.6 Å². The van der Waals surface area contributed by atoms with Crippen molar-refractivity contribution in [2.75, 3.05) is 13.1 Å². The molecule has 0 aliphatic carbocycles. The molecule has 4 unspecified atom stereocenters. The number of aryl methyl sites for hydroxylation is 1. The molecule has 3 aromatic rings. The van der Waals surface area contributed by atoms with E-state index in [0.717, 1.165) is 36.5 Å². The molecule has 0 radical (unpaired) electrons. The fourth-order valence-corrected chi connectivity index (χ4v) is 6.48. The van der Waals surface area contributed by atoms with Crippen molar-refractivity contribution in [1.82, 2.24) is 19.6 Å². The summed E-state index contributed by atoms with van der Waals surface area (Å²) in [5, 5.41) is 4.49. The minimum absolute atomic E-state index is 0.0178. The van der Waals surface area contributed by atoms with Crippen LogP contribution >= 0.6 is 0 Å². The first-order valence-electron chi connectivity index (χ1n) is 15.0. The highest BCUT2D eigenvalue weighted by Gasteiger charge is 2.44. The van der Waals surface area contributed by atoms with Crippen molar-refractivity contribution in [2.45, 2.75) is 92.2 Å². The van der Waals surface area contributed by atoms with Gasteiger partial charge < -0.3 is 4.52 Å². The van der Waals surface area contributed by atoms with E-state index < -0.39 is 17.9 Å². The first-order chi connectivity index (χ1) is 18.6.